The Labute approximate surface area is 168 Å². The number of rotatable bonds is 5. The second-order valence-corrected chi connectivity index (χ2v) is 7.52. The minimum atomic E-state index is 0.150. The molecule has 3 aromatic heterocycles. The predicted molar refractivity (Wildman–Crippen MR) is 108 cm³/mol. The SMILES string of the molecule is COc1nc(N)ncc1-c1nc(N2CCOCC2)nc2c1ncn2C(C)C1CC1. The summed E-state index contributed by atoms with van der Waals surface area (Å²) in [7, 11) is 1.56. The quantitative estimate of drug-likeness (QED) is 0.687. The summed E-state index contributed by atoms with van der Waals surface area (Å²) in [6.07, 6.45) is 5.98. The maximum Gasteiger partial charge on any atom is 0.228 e. The molecule has 1 unspecified atom stereocenters. The first-order valence-electron chi connectivity index (χ1n) is 9.90. The molecule has 1 aliphatic carbocycles. The summed E-state index contributed by atoms with van der Waals surface area (Å²) in [6.45, 7) is 5.02. The fourth-order valence-electron chi connectivity index (χ4n) is 3.80. The van der Waals surface area contributed by atoms with Crippen molar-refractivity contribution in [2.24, 2.45) is 5.92 Å². The predicted octanol–water partition coefficient (Wildman–Crippen LogP) is 1.68. The van der Waals surface area contributed by atoms with Crippen LogP contribution in [0.5, 0.6) is 5.88 Å². The maximum absolute atomic E-state index is 5.75. The van der Waals surface area contributed by atoms with E-state index in [-0.39, 0.29) is 5.95 Å². The van der Waals surface area contributed by atoms with E-state index in [1.807, 2.05) is 6.33 Å². The van der Waals surface area contributed by atoms with Crippen LogP contribution in [0.2, 0.25) is 0 Å². The van der Waals surface area contributed by atoms with E-state index >= 15 is 0 Å². The van der Waals surface area contributed by atoms with E-state index in [2.05, 4.69) is 31.3 Å². The third-order valence-electron chi connectivity index (χ3n) is 5.67. The van der Waals surface area contributed by atoms with Crippen molar-refractivity contribution in [2.75, 3.05) is 44.0 Å². The van der Waals surface area contributed by atoms with Gasteiger partial charge >= 0.3 is 0 Å². The third kappa shape index (κ3) is 3.23. The highest BCUT2D eigenvalue weighted by Crippen LogP contribution is 2.41. The minimum Gasteiger partial charge on any atom is -0.480 e. The highest BCUT2D eigenvalue weighted by atomic mass is 16.5. The summed E-state index contributed by atoms with van der Waals surface area (Å²) in [6, 6.07) is 0.338. The lowest BCUT2D eigenvalue weighted by molar-refractivity contribution is 0.122. The van der Waals surface area contributed by atoms with E-state index in [1.165, 1.54) is 12.8 Å². The zero-order valence-corrected chi connectivity index (χ0v) is 16.6. The molecule has 0 bridgehead atoms. The van der Waals surface area contributed by atoms with Gasteiger partial charge in [0, 0.05) is 25.3 Å². The van der Waals surface area contributed by atoms with Crippen molar-refractivity contribution in [3.63, 3.8) is 0 Å². The van der Waals surface area contributed by atoms with Gasteiger partial charge < -0.3 is 24.7 Å². The Kier molecular flexibility index (Phi) is 4.42. The van der Waals surface area contributed by atoms with Crippen molar-refractivity contribution in [2.45, 2.75) is 25.8 Å². The number of hydrogen-bond acceptors (Lipinski definition) is 9. The Balaban J connectivity index is 1.71. The molecule has 5 rings (SSSR count). The van der Waals surface area contributed by atoms with Crippen LogP contribution in [0, 0.1) is 5.92 Å². The zero-order valence-electron chi connectivity index (χ0n) is 16.6. The smallest absolute Gasteiger partial charge is 0.228 e. The average molecular weight is 396 g/mol. The molecule has 10 heteroatoms. The summed E-state index contributed by atoms with van der Waals surface area (Å²) in [5, 5.41) is 0. The molecule has 3 aromatic rings. The highest BCUT2D eigenvalue weighted by Gasteiger charge is 2.31. The van der Waals surface area contributed by atoms with Gasteiger partial charge in [-0.3, -0.25) is 0 Å². The third-order valence-corrected chi connectivity index (χ3v) is 5.67. The molecular formula is C19H24N8O2. The first kappa shape index (κ1) is 18.0. The van der Waals surface area contributed by atoms with Gasteiger partial charge in [0.25, 0.3) is 0 Å². The van der Waals surface area contributed by atoms with Gasteiger partial charge in [0.05, 0.1) is 32.2 Å². The van der Waals surface area contributed by atoms with Crippen LogP contribution in [0.25, 0.3) is 22.4 Å². The number of morpholine rings is 1. The van der Waals surface area contributed by atoms with E-state index in [0.29, 0.717) is 53.8 Å². The summed E-state index contributed by atoms with van der Waals surface area (Å²) in [5.41, 5.74) is 8.57. The lowest BCUT2D eigenvalue weighted by Crippen LogP contribution is -2.37. The van der Waals surface area contributed by atoms with E-state index in [1.54, 1.807) is 13.3 Å². The van der Waals surface area contributed by atoms with E-state index in [9.17, 15) is 0 Å². The van der Waals surface area contributed by atoms with E-state index in [4.69, 9.17) is 25.2 Å². The van der Waals surface area contributed by atoms with Crippen molar-refractivity contribution in [1.29, 1.82) is 0 Å². The molecule has 1 saturated carbocycles. The monoisotopic (exact) mass is 396 g/mol. The lowest BCUT2D eigenvalue weighted by Gasteiger charge is -2.27. The van der Waals surface area contributed by atoms with Gasteiger partial charge in [-0.2, -0.15) is 9.97 Å². The van der Waals surface area contributed by atoms with Crippen molar-refractivity contribution in [3.05, 3.63) is 12.5 Å². The fourth-order valence-corrected chi connectivity index (χ4v) is 3.80. The van der Waals surface area contributed by atoms with Gasteiger partial charge in [0.1, 0.15) is 11.2 Å². The van der Waals surface area contributed by atoms with Crippen LogP contribution in [0.3, 0.4) is 0 Å². The second-order valence-electron chi connectivity index (χ2n) is 7.52. The molecule has 2 N–H and O–H groups in total. The number of aromatic nitrogens is 6. The topological polar surface area (TPSA) is 117 Å². The van der Waals surface area contributed by atoms with Crippen molar-refractivity contribution < 1.29 is 9.47 Å². The van der Waals surface area contributed by atoms with Crippen molar-refractivity contribution >= 4 is 23.1 Å². The van der Waals surface area contributed by atoms with Crippen LogP contribution in [0.15, 0.2) is 12.5 Å². The Morgan fingerprint density at radius 2 is 1.97 bits per heavy atom. The first-order chi connectivity index (χ1) is 14.2. The molecular weight excluding hydrogens is 372 g/mol. The number of methoxy groups -OCH3 is 1. The normalized spacial score (nSPS) is 18.2. The Hall–Kier alpha value is -3.01. The number of nitrogens with two attached hydrogens (primary N) is 1. The molecule has 29 heavy (non-hydrogen) atoms. The van der Waals surface area contributed by atoms with Crippen molar-refractivity contribution in [1.82, 2.24) is 29.5 Å². The molecule has 1 atom stereocenters. The zero-order chi connectivity index (χ0) is 20.0. The summed E-state index contributed by atoms with van der Waals surface area (Å²) < 4.78 is 13.1. The van der Waals surface area contributed by atoms with E-state index in [0.717, 1.165) is 18.7 Å². The fraction of sp³-hybridized carbons (Fsp3) is 0.526. The largest absolute Gasteiger partial charge is 0.480 e. The van der Waals surface area contributed by atoms with Gasteiger partial charge in [-0.25, -0.2) is 15.0 Å². The molecule has 2 fully saturated rings. The molecule has 1 saturated heterocycles. The highest BCUT2D eigenvalue weighted by molar-refractivity contribution is 5.90. The summed E-state index contributed by atoms with van der Waals surface area (Å²) in [4.78, 5) is 24.9. The molecule has 0 amide bonds. The number of ether oxygens (including phenoxy) is 2. The number of nitrogens with zero attached hydrogens (tertiary/aromatic N) is 7. The molecule has 10 nitrogen and oxygen atoms in total. The van der Waals surface area contributed by atoms with E-state index < -0.39 is 0 Å². The molecule has 4 heterocycles. The molecule has 152 valence electrons. The van der Waals surface area contributed by atoms with Gasteiger partial charge in [-0.05, 0) is 25.7 Å². The number of nitrogen functional groups attached to an aromatic ring is 1. The van der Waals surface area contributed by atoms with Gasteiger partial charge in [-0.15, -0.1) is 0 Å². The summed E-state index contributed by atoms with van der Waals surface area (Å²) in [5.74, 6) is 1.85. The van der Waals surface area contributed by atoms with Crippen LogP contribution in [0.4, 0.5) is 11.9 Å². The van der Waals surface area contributed by atoms with Crippen LogP contribution < -0.4 is 15.4 Å². The Morgan fingerprint density at radius 1 is 1.17 bits per heavy atom. The standard InChI is InChI=1S/C19H24N8O2/c1-11(12-3-4-12)27-10-22-15-14(13-9-21-18(20)25-17(13)28-2)23-19(24-16(15)27)26-5-7-29-8-6-26/h9-12H,3-8H2,1-2H3,(H2,20,21,25). The van der Waals surface area contributed by atoms with Crippen LogP contribution >= 0.6 is 0 Å². The second kappa shape index (κ2) is 7.11. The van der Waals surface area contributed by atoms with Crippen LogP contribution in [-0.4, -0.2) is 62.9 Å². The number of hydrogen-bond donors (Lipinski definition) is 1. The molecule has 1 aliphatic heterocycles. The minimum absolute atomic E-state index is 0.150. The van der Waals surface area contributed by atoms with Gasteiger partial charge in [0.15, 0.2) is 5.65 Å². The van der Waals surface area contributed by atoms with Crippen molar-refractivity contribution in [3.8, 4) is 17.1 Å². The average Bonchev–Trinajstić information content (AvgIpc) is 3.52. The Morgan fingerprint density at radius 3 is 2.69 bits per heavy atom. The number of imidazole rings is 1. The Bertz CT molecular complexity index is 1040. The number of fused-ring (bicyclic) bond motifs is 1. The van der Waals surface area contributed by atoms with Crippen LogP contribution in [-0.2, 0) is 4.74 Å². The van der Waals surface area contributed by atoms with Crippen LogP contribution in [0.1, 0.15) is 25.8 Å². The summed E-state index contributed by atoms with van der Waals surface area (Å²) >= 11 is 0. The molecule has 2 aliphatic rings. The molecule has 0 radical (unpaired) electrons. The first-order valence-corrected chi connectivity index (χ1v) is 9.90. The van der Waals surface area contributed by atoms with Gasteiger partial charge in [0.2, 0.25) is 17.8 Å². The molecule has 0 spiro atoms. The molecule has 0 aromatic carbocycles. The lowest BCUT2D eigenvalue weighted by atomic mass is 10.2. The maximum atomic E-state index is 5.75. The van der Waals surface area contributed by atoms with Gasteiger partial charge in [-0.1, -0.05) is 0 Å². The number of anilines is 2.